The van der Waals surface area contributed by atoms with E-state index in [0.717, 1.165) is 22.9 Å². The van der Waals surface area contributed by atoms with Gasteiger partial charge in [-0.2, -0.15) is 0 Å². The van der Waals surface area contributed by atoms with Gasteiger partial charge in [0, 0.05) is 35.8 Å². The number of urea groups is 1. The first-order valence-electron chi connectivity index (χ1n) is 8.65. The first kappa shape index (κ1) is 18.3. The Morgan fingerprint density at radius 2 is 2.15 bits per heavy atom. The quantitative estimate of drug-likeness (QED) is 0.859. The molecular weight excluding hydrogens is 348 g/mol. The number of pyridine rings is 1. The first-order chi connectivity index (χ1) is 12.6. The average Bonchev–Trinajstić information content (AvgIpc) is 2.67. The Labute approximate surface area is 157 Å². The molecule has 6 nitrogen and oxygen atoms in total. The van der Waals surface area contributed by atoms with Gasteiger partial charge in [0.2, 0.25) is 0 Å². The first-order valence-corrected chi connectivity index (χ1v) is 9.64. The Morgan fingerprint density at radius 3 is 2.96 bits per heavy atom. The number of thioether (sulfide) groups is 1. The molecule has 2 heterocycles. The number of carbonyl (C=O) groups is 2. The molecule has 0 saturated heterocycles. The number of amides is 3. The fourth-order valence-corrected chi connectivity index (χ4v) is 3.53. The van der Waals surface area contributed by atoms with Gasteiger partial charge in [-0.05, 0) is 43.7 Å². The molecule has 136 valence electrons. The van der Waals surface area contributed by atoms with Gasteiger partial charge < -0.3 is 10.6 Å². The molecule has 1 aromatic carbocycles. The van der Waals surface area contributed by atoms with Crippen LogP contribution in [0.2, 0.25) is 0 Å². The predicted molar refractivity (Wildman–Crippen MR) is 105 cm³/mol. The normalized spacial score (nSPS) is 14.3. The van der Waals surface area contributed by atoms with Crippen LogP contribution in [0.25, 0.3) is 0 Å². The summed E-state index contributed by atoms with van der Waals surface area (Å²) < 4.78 is 0. The third-order valence-electron chi connectivity index (χ3n) is 4.21. The Hall–Kier alpha value is -2.54. The maximum absolute atomic E-state index is 12.7. The lowest BCUT2D eigenvalue weighted by Crippen LogP contribution is -2.39. The molecule has 3 rings (SSSR count). The summed E-state index contributed by atoms with van der Waals surface area (Å²) in [6, 6.07) is 10.6. The van der Waals surface area contributed by atoms with Crippen molar-refractivity contribution < 1.29 is 9.59 Å². The van der Waals surface area contributed by atoms with Gasteiger partial charge in [-0.15, -0.1) is 11.8 Å². The second-order valence-corrected chi connectivity index (χ2v) is 7.21. The minimum absolute atomic E-state index is 0.107. The van der Waals surface area contributed by atoms with Crippen LogP contribution in [0.4, 0.5) is 16.2 Å². The highest BCUT2D eigenvalue weighted by atomic mass is 32.2. The van der Waals surface area contributed by atoms with E-state index in [1.54, 1.807) is 47.1 Å². The zero-order chi connectivity index (χ0) is 18.5. The summed E-state index contributed by atoms with van der Waals surface area (Å²) in [7, 11) is 0. The fourth-order valence-electron chi connectivity index (χ4n) is 2.60. The van der Waals surface area contributed by atoms with Gasteiger partial charge in [0.1, 0.15) is 5.03 Å². The summed E-state index contributed by atoms with van der Waals surface area (Å²) >= 11 is 1.64. The highest BCUT2D eigenvalue weighted by molar-refractivity contribution is 7.99. The Bertz CT molecular complexity index is 812. The van der Waals surface area contributed by atoms with Crippen LogP contribution in [0.1, 0.15) is 30.6 Å². The van der Waals surface area contributed by atoms with E-state index in [4.69, 9.17) is 0 Å². The number of hydrogen-bond acceptors (Lipinski definition) is 4. The number of aromatic nitrogens is 1. The molecule has 1 aromatic heterocycles. The van der Waals surface area contributed by atoms with Gasteiger partial charge in [-0.1, -0.05) is 13.0 Å². The monoisotopic (exact) mass is 370 g/mol. The number of hydrogen-bond donors (Lipinski definition) is 2. The zero-order valence-corrected chi connectivity index (χ0v) is 15.7. The summed E-state index contributed by atoms with van der Waals surface area (Å²) in [5.74, 6) is 0.661. The van der Waals surface area contributed by atoms with E-state index in [1.807, 2.05) is 26.0 Å². The molecule has 3 amide bonds. The van der Waals surface area contributed by atoms with Crippen molar-refractivity contribution in [2.45, 2.75) is 31.3 Å². The number of anilines is 2. The van der Waals surface area contributed by atoms with Gasteiger partial charge in [-0.25, -0.2) is 9.78 Å². The average molecular weight is 370 g/mol. The van der Waals surface area contributed by atoms with Crippen LogP contribution >= 0.6 is 11.8 Å². The van der Waals surface area contributed by atoms with E-state index >= 15 is 0 Å². The summed E-state index contributed by atoms with van der Waals surface area (Å²) in [6.07, 6.45) is 2.59. The van der Waals surface area contributed by atoms with Crippen molar-refractivity contribution in [1.29, 1.82) is 0 Å². The molecule has 7 heteroatoms. The summed E-state index contributed by atoms with van der Waals surface area (Å²) in [6.45, 7) is 4.60. The van der Waals surface area contributed by atoms with Gasteiger partial charge in [0.25, 0.3) is 5.91 Å². The third-order valence-corrected chi connectivity index (χ3v) is 5.18. The Balaban J connectivity index is 1.73. The molecule has 0 fully saturated rings. The van der Waals surface area contributed by atoms with Crippen molar-refractivity contribution in [3.05, 3.63) is 48.2 Å². The van der Waals surface area contributed by atoms with Crippen LogP contribution in [-0.2, 0) is 0 Å². The number of benzene rings is 1. The molecule has 1 atom stereocenters. The maximum atomic E-state index is 12.7. The van der Waals surface area contributed by atoms with E-state index < -0.39 is 0 Å². The SMILES string of the molecule is CCC(C)NC(=O)c1cccc(NC(=O)N2CCSc3ncccc32)c1. The molecule has 0 radical (unpaired) electrons. The van der Waals surface area contributed by atoms with Crippen LogP contribution in [0.5, 0.6) is 0 Å². The van der Waals surface area contributed by atoms with E-state index in [9.17, 15) is 9.59 Å². The van der Waals surface area contributed by atoms with Gasteiger partial charge in [-0.3, -0.25) is 9.69 Å². The standard InChI is InChI=1S/C19H22N4O2S/c1-3-13(2)21-17(24)14-6-4-7-15(12-14)22-19(25)23-10-11-26-18-16(23)8-5-9-20-18/h4-9,12-13H,3,10-11H2,1-2H3,(H,21,24)(H,22,25). The fraction of sp³-hybridized carbons (Fsp3) is 0.316. The van der Waals surface area contributed by atoms with E-state index in [2.05, 4.69) is 15.6 Å². The number of carbonyl (C=O) groups excluding carboxylic acids is 2. The van der Waals surface area contributed by atoms with Crippen molar-refractivity contribution >= 4 is 35.1 Å². The highest BCUT2D eigenvalue weighted by Gasteiger charge is 2.23. The lowest BCUT2D eigenvalue weighted by molar-refractivity contribution is 0.0939. The number of nitrogens with zero attached hydrogens (tertiary/aromatic N) is 2. The van der Waals surface area contributed by atoms with Crippen LogP contribution < -0.4 is 15.5 Å². The molecular formula is C19H22N4O2S. The van der Waals surface area contributed by atoms with Crippen molar-refractivity contribution in [1.82, 2.24) is 10.3 Å². The van der Waals surface area contributed by atoms with Crippen molar-refractivity contribution in [3.8, 4) is 0 Å². The van der Waals surface area contributed by atoms with Crippen LogP contribution in [0.3, 0.4) is 0 Å². The zero-order valence-electron chi connectivity index (χ0n) is 14.9. The van der Waals surface area contributed by atoms with Gasteiger partial charge >= 0.3 is 6.03 Å². The highest BCUT2D eigenvalue weighted by Crippen LogP contribution is 2.32. The Kier molecular flexibility index (Phi) is 5.78. The largest absolute Gasteiger partial charge is 0.350 e. The van der Waals surface area contributed by atoms with Gasteiger partial charge in [0.15, 0.2) is 0 Å². The molecule has 0 aliphatic carbocycles. The van der Waals surface area contributed by atoms with Gasteiger partial charge in [0.05, 0.1) is 5.69 Å². The molecule has 26 heavy (non-hydrogen) atoms. The number of fused-ring (bicyclic) bond motifs is 1. The van der Waals surface area contributed by atoms with Crippen LogP contribution in [0, 0.1) is 0 Å². The third kappa shape index (κ3) is 4.16. The van der Waals surface area contributed by atoms with Crippen molar-refractivity contribution in [2.24, 2.45) is 0 Å². The van der Waals surface area contributed by atoms with E-state index in [1.165, 1.54) is 0 Å². The smallest absolute Gasteiger partial charge is 0.326 e. The lowest BCUT2D eigenvalue weighted by atomic mass is 10.1. The second kappa shape index (κ2) is 8.23. The molecule has 0 bridgehead atoms. The molecule has 1 unspecified atom stereocenters. The van der Waals surface area contributed by atoms with Crippen LogP contribution in [0.15, 0.2) is 47.6 Å². The minimum Gasteiger partial charge on any atom is -0.350 e. The molecule has 1 aliphatic heterocycles. The summed E-state index contributed by atoms with van der Waals surface area (Å²) in [4.78, 5) is 31.0. The number of rotatable bonds is 4. The van der Waals surface area contributed by atoms with Crippen LogP contribution in [-0.4, -0.2) is 35.3 Å². The molecule has 0 saturated carbocycles. The predicted octanol–water partition coefficient (Wildman–Crippen LogP) is 3.75. The number of nitrogens with one attached hydrogen (secondary N) is 2. The topological polar surface area (TPSA) is 74.3 Å². The van der Waals surface area contributed by atoms with Crippen molar-refractivity contribution in [2.75, 3.05) is 22.5 Å². The maximum Gasteiger partial charge on any atom is 0.326 e. The minimum atomic E-state index is -0.223. The molecule has 0 spiro atoms. The van der Waals surface area contributed by atoms with E-state index in [0.29, 0.717) is 17.8 Å². The summed E-state index contributed by atoms with van der Waals surface area (Å²) in [5.41, 5.74) is 1.93. The lowest BCUT2D eigenvalue weighted by Gasteiger charge is -2.28. The molecule has 2 N–H and O–H groups in total. The van der Waals surface area contributed by atoms with Crippen molar-refractivity contribution in [3.63, 3.8) is 0 Å². The Morgan fingerprint density at radius 1 is 1.31 bits per heavy atom. The van der Waals surface area contributed by atoms with E-state index in [-0.39, 0.29) is 18.0 Å². The molecule has 1 aliphatic rings. The second-order valence-electron chi connectivity index (χ2n) is 6.12. The molecule has 2 aromatic rings. The summed E-state index contributed by atoms with van der Waals surface area (Å²) in [5, 5.41) is 6.67.